The zero-order valence-corrected chi connectivity index (χ0v) is 28.0. The molecular formula is C36H48N4O8. The van der Waals surface area contributed by atoms with E-state index in [-0.39, 0.29) is 26.0 Å². The Morgan fingerprint density at radius 2 is 1.60 bits per heavy atom. The quantitative estimate of drug-likeness (QED) is 0.186. The fourth-order valence-electron chi connectivity index (χ4n) is 6.44. The average Bonchev–Trinajstić information content (AvgIpc) is 3.57. The molecule has 260 valence electrons. The Morgan fingerprint density at radius 1 is 0.979 bits per heavy atom. The number of likely N-dealkylation sites (tertiary alicyclic amines) is 1. The predicted octanol–water partition coefficient (Wildman–Crippen LogP) is 2.66. The van der Waals surface area contributed by atoms with Crippen molar-refractivity contribution in [3.63, 3.8) is 0 Å². The zero-order valence-electron chi connectivity index (χ0n) is 28.0. The van der Waals surface area contributed by atoms with Gasteiger partial charge < -0.3 is 40.2 Å². The summed E-state index contributed by atoms with van der Waals surface area (Å²) in [5.41, 5.74) is -1.00. The Morgan fingerprint density at radius 3 is 2.21 bits per heavy atom. The molecule has 0 spiro atoms. The van der Waals surface area contributed by atoms with Gasteiger partial charge in [-0.15, -0.1) is 0 Å². The van der Waals surface area contributed by atoms with Crippen LogP contribution in [0.4, 0.5) is 4.79 Å². The number of aliphatic hydroxyl groups excluding tert-OH is 1. The molecule has 4 rings (SSSR count). The van der Waals surface area contributed by atoms with Gasteiger partial charge in [-0.1, -0.05) is 60.7 Å². The third-order valence-corrected chi connectivity index (χ3v) is 8.85. The van der Waals surface area contributed by atoms with Crippen molar-refractivity contribution in [3.05, 3.63) is 71.8 Å². The number of carbonyl (C=O) groups excluding carboxylic acids is 5. The molecule has 3 amide bonds. The summed E-state index contributed by atoms with van der Waals surface area (Å²) < 4.78 is 11.0. The van der Waals surface area contributed by atoms with Gasteiger partial charge in [0.15, 0.2) is 6.10 Å². The van der Waals surface area contributed by atoms with Gasteiger partial charge in [-0.25, -0.2) is 9.59 Å². The topological polar surface area (TPSA) is 163 Å². The standard InChI is InChI=1S/C36H48N4O8/c1-35(2,3)48-32(44)29-15-10-21-40(29)31(43)30(42)28(23-25-11-6-4-7-12-25)38-33(45)36(18-22-41,27-16-19-37-20-17-27)39-34(46)47-24-26-13-8-5-9-14-26/h4-9,11-14,22,27-30,37,42H,10,15-21,23-24H2,1-3H3,(H,38,45)(H,39,46). The van der Waals surface area contributed by atoms with E-state index in [0.29, 0.717) is 45.1 Å². The number of piperidine rings is 1. The lowest BCUT2D eigenvalue weighted by molar-refractivity contribution is -0.165. The van der Waals surface area contributed by atoms with Gasteiger partial charge >= 0.3 is 12.1 Å². The second kappa shape index (κ2) is 16.7. The van der Waals surface area contributed by atoms with E-state index in [2.05, 4.69) is 16.0 Å². The number of benzene rings is 2. The molecule has 0 saturated carbocycles. The number of amides is 3. The fourth-order valence-corrected chi connectivity index (χ4v) is 6.44. The van der Waals surface area contributed by atoms with Crippen LogP contribution in [0.3, 0.4) is 0 Å². The number of hydrogen-bond donors (Lipinski definition) is 4. The first-order valence-electron chi connectivity index (χ1n) is 16.6. The zero-order chi connectivity index (χ0) is 34.7. The van der Waals surface area contributed by atoms with Gasteiger partial charge in [0.2, 0.25) is 5.91 Å². The van der Waals surface area contributed by atoms with Crippen molar-refractivity contribution >= 4 is 30.2 Å². The molecule has 12 nitrogen and oxygen atoms in total. The summed E-state index contributed by atoms with van der Waals surface area (Å²) in [5, 5.41) is 20.5. The lowest BCUT2D eigenvalue weighted by atomic mass is 9.75. The van der Waals surface area contributed by atoms with Crippen LogP contribution in [0.25, 0.3) is 0 Å². The molecule has 2 saturated heterocycles. The van der Waals surface area contributed by atoms with Crippen LogP contribution in [0, 0.1) is 5.92 Å². The number of aliphatic hydroxyl groups is 1. The van der Waals surface area contributed by atoms with Gasteiger partial charge in [0.05, 0.1) is 6.04 Å². The molecule has 0 aliphatic carbocycles. The van der Waals surface area contributed by atoms with E-state index < -0.39 is 59.1 Å². The number of hydrogen-bond acceptors (Lipinski definition) is 9. The maximum Gasteiger partial charge on any atom is 0.408 e. The maximum atomic E-state index is 14.5. The van der Waals surface area contributed by atoms with Crippen LogP contribution in [0.1, 0.15) is 64.0 Å². The molecule has 2 aromatic rings. The number of aldehydes is 1. The molecule has 2 aliphatic heterocycles. The van der Waals surface area contributed by atoms with E-state index in [1.165, 1.54) is 4.90 Å². The molecule has 4 N–H and O–H groups in total. The highest BCUT2D eigenvalue weighted by molar-refractivity contribution is 5.94. The van der Waals surface area contributed by atoms with E-state index in [1.807, 2.05) is 24.3 Å². The van der Waals surface area contributed by atoms with Crippen molar-refractivity contribution in [1.29, 1.82) is 0 Å². The number of esters is 1. The molecule has 2 aliphatic rings. The lowest BCUT2D eigenvalue weighted by Crippen LogP contribution is -2.67. The smallest absolute Gasteiger partial charge is 0.408 e. The number of ether oxygens (including phenoxy) is 2. The summed E-state index contributed by atoms with van der Waals surface area (Å²) in [5.74, 6) is -2.44. The van der Waals surface area contributed by atoms with E-state index in [1.54, 1.807) is 57.2 Å². The van der Waals surface area contributed by atoms with Crippen LogP contribution >= 0.6 is 0 Å². The molecule has 2 heterocycles. The normalized spacial score (nSPS) is 19.3. The fraction of sp³-hybridized carbons (Fsp3) is 0.528. The molecule has 0 aromatic heterocycles. The van der Waals surface area contributed by atoms with Crippen LogP contribution in [-0.4, -0.2) is 89.1 Å². The number of nitrogens with zero attached hydrogens (tertiary/aromatic N) is 1. The largest absolute Gasteiger partial charge is 0.458 e. The highest BCUT2D eigenvalue weighted by Gasteiger charge is 2.49. The first kappa shape index (κ1) is 36.5. The second-order valence-corrected chi connectivity index (χ2v) is 13.5. The molecular weight excluding hydrogens is 616 g/mol. The van der Waals surface area contributed by atoms with Gasteiger partial charge in [-0.2, -0.15) is 0 Å². The molecule has 0 bridgehead atoms. The second-order valence-electron chi connectivity index (χ2n) is 13.5. The Hall–Kier alpha value is -4.29. The van der Waals surface area contributed by atoms with Crippen LogP contribution < -0.4 is 16.0 Å². The first-order chi connectivity index (χ1) is 22.9. The molecule has 2 fully saturated rings. The van der Waals surface area contributed by atoms with Crippen molar-refractivity contribution in [1.82, 2.24) is 20.9 Å². The maximum absolute atomic E-state index is 14.5. The van der Waals surface area contributed by atoms with E-state index in [9.17, 15) is 29.1 Å². The van der Waals surface area contributed by atoms with Crippen molar-refractivity contribution in [2.75, 3.05) is 19.6 Å². The predicted molar refractivity (Wildman–Crippen MR) is 177 cm³/mol. The van der Waals surface area contributed by atoms with E-state index >= 15 is 0 Å². The molecule has 12 heteroatoms. The first-order valence-corrected chi connectivity index (χ1v) is 16.6. The number of alkyl carbamates (subject to hydrolysis) is 1. The SMILES string of the molecule is CC(C)(C)OC(=O)C1CCCN1C(=O)C(O)C(Cc1ccccc1)NC(=O)C(CC=O)(NC(=O)OCc1ccccc1)C1CCNCC1. The summed E-state index contributed by atoms with van der Waals surface area (Å²) in [6.45, 7) is 6.55. The summed E-state index contributed by atoms with van der Waals surface area (Å²) in [4.78, 5) is 68.1. The van der Waals surface area contributed by atoms with E-state index in [4.69, 9.17) is 9.47 Å². The monoisotopic (exact) mass is 664 g/mol. The Kier molecular flexibility index (Phi) is 12.7. The summed E-state index contributed by atoms with van der Waals surface area (Å²) in [6, 6.07) is 16.1. The van der Waals surface area contributed by atoms with Crippen molar-refractivity contribution in [2.45, 2.75) is 95.2 Å². The van der Waals surface area contributed by atoms with Crippen LogP contribution in [-0.2, 0) is 41.7 Å². The van der Waals surface area contributed by atoms with Crippen LogP contribution in [0.2, 0.25) is 0 Å². The average molecular weight is 665 g/mol. The van der Waals surface area contributed by atoms with Gasteiger partial charge in [0.1, 0.15) is 30.1 Å². The highest BCUT2D eigenvalue weighted by atomic mass is 16.6. The Labute approximate surface area is 281 Å². The summed E-state index contributed by atoms with van der Waals surface area (Å²) in [7, 11) is 0. The van der Waals surface area contributed by atoms with Crippen molar-refractivity contribution in [3.8, 4) is 0 Å². The molecule has 4 atom stereocenters. The minimum absolute atomic E-state index is 0.0455. The summed E-state index contributed by atoms with van der Waals surface area (Å²) >= 11 is 0. The van der Waals surface area contributed by atoms with Gasteiger partial charge in [-0.3, -0.25) is 9.59 Å². The van der Waals surface area contributed by atoms with Crippen molar-refractivity contribution < 1.29 is 38.6 Å². The third kappa shape index (κ3) is 9.63. The number of nitrogens with one attached hydrogen (secondary N) is 3. The minimum Gasteiger partial charge on any atom is -0.458 e. The van der Waals surface area contributed by atoms with Gasteiger partial charge in [0, 0.05) is 13.0 Å². The molecule has 0 radical (unpaired) electrons. The Balaban J connectivity index is 1.61. The van der Waals surface area contributed by atoms with Crippen molar-refractivity contribution in [2.24, 2.45) is 5.92 Å². The van der Waals surface area contributed by atoms with Crippen LogP contribution in [0.5, 0.6) is 0 Å². The van der Waals surface area contributed by atoms with Gasteiger partial charge in [0.25, 0.3) is 5.91 Å². The number of rotatable bonds is 13. The summed E-state index contributed by atoms with van der Waals surface area (Å²) in [6.07, 6.45) is -0.422. The van der Waals surface area contributed by atoms with Gasteiger partial charge in [-0.05, 0) is 83.0 Å². The Bertz CT molecular complexity index is 1390. The highest BCUT2D eigenvalue weighted by Crippen LogP contribution is 2.31. The molecule has 2 aromatic carbocycles. The molecule has 4 unspecified atom stereocenters. The third-order valence-electron chi connectivity index (χ3n) is 8.85. The molecule has 48 heavy (non-hydrogen) atoms. The number of carbonyl (C=O) groups is 5. The minimum atomic E-state index is -1.75. The van der Waals surface area contributed by atoms with E-state index in [0.717, 1.165) is 11.1 Å². The van der Waals surface area contributed by atoms with Crippen LogP contribution in [0.15, 0.2) is 60.7 Å². The lowest BCUT2D eigenvalue weighted by Gasteiger charge is -2.42.